The SMILES string of the molecule is [2H]c1c([2H])c([2H])c2c([2H])c(-c3c4c([2H])c([2H])c([2H])c([2H])c4c(-c4ccc5cc(-c6ccc7oc8ccc9ccccc9c8c7c6)ccc5c4)c4c([2H])c([2H])c([2H])c([2H])c34)c([2H])c([2H])c2c1[2H]. The van der Waals surface area contributed by atoms with Crippen molar-refractivity contribution in [2.75, 3.05) is 0 Å². The minimum atomic E-state index is -0.734. The maximum absolute atomic E-state index is 9.46. The Morgan fingerprint density at radius 3 is 1.69 bits per heavy atom. The van der Waals surface area contributed by atoms with Crippen molar-refractivity contribution in [2.45, 2.75) is 0 Å². The van der Waals surface area contributed by atoms with Gasteiger partial charge in [-0.1, -0.05) is 145 Å². The summed E-state index contributed by atoms with van der Waals surface area (Å²) in [5.74, 6) is 0. The first-order valence-corrected chi connectivity index (χ1v) is 16.4. The normalized spacial score (nSPS) is 16.0. The van der Waals surface area contributed by atoms with Crippen LogP contribution < -0.4 is 0 Å². The molecular formula is C50H30O. The molecule has 0 N–H and O–H groups in total. The maximum atomic E-state index is 9.46. The Hall–Kier alpha value is -6.70. The third-order valence-electron chi connectivity index (χ3n) is 9.70. The maximum Gasteiger partial charge on any atom is 0.136 e. The number of rotatable bonds is 3. The summed E-state index contributed by atoms with van der Waals surface area (Å²) in [6, 6.07) is 19.4. The monoisotopic (exact) mass is 661 g/mol. The van der Waals surface area contributed by atoms with Gasteiger partial charge in [-0.05, 0) is 124 Å². The van der Waals surface area contributed by atoms with Crippen molar-refractivity contribution in [2.24, 2.45) is 0 Å². The summed E-state index contributed by atoms with van der Waals surface area (Å²) < 4.78 is 141. The molecule has 0 saturated heterocycles. The van der Waals surface area contributed by atoms with Gasteiger partial charge in [-0.3, -0.25) is 0 Å². The van der Waals surface area contributed by atoms with Crippen LogP contribution in [-0.4, -0.2) is 0 Å². The second kappa shape index (κ2) is 10.9. The Morgan fingerprint density at radius 2 is 0.922 bits per heavy atom. The lowest BCUT2D eigenvalue weighted by Gasteiger charge is -2.18. The Kier molecular flexibility index (Phi) is 3.70. The largest absolute Gasteiger partial charge is 0.456 e. The summed E-state index contributed by atoms with van der Waals surface area (Å²) in [7, 11) is 0. The molecule has 1 heterocycles. The van der Waals surface area contributed by atoms with Crippen molar-refractivity contribution in [1.82, 2.24) is 0 Å². The molecule has 1 aromatic heterocycles. The highest BCUT2D eigenvalue weighted by molar-refractivity contribution is 6.22. The zero-order valence-electron chi connectivity index (χ0n) is 41.6. The lowest BCUT2D eigenvalue weighted by atomic mass is 9.85. The van der Waals surface area contributed by atoms with Crippen LogP contribution in [0.4, 0.5) is 0 Å². The van der Waals surface area contributed by atoms with Crippen molar-refractivity contribution in [1.29, 1.82) is 0 Å². The Labute approximate surface area is 315 Å². The molecule has 0 radical (unpaired) electrons. The molecule has 11 aromatic rings. The molecule has 11 rings (SSSR count). The van der Waals surface area contributed by atoms with Crippen LogP contribution in [0.1, 0.15) is 20.6 Å². The van der Waals surface area contributed by atoms with Gasteiger partial charge in [-0.25, -0.2) is 0 Å². The smallest absolute Gasteiger partial charge is 0.136 e. The van der Waals surface area contributed by atoms with Gasteiger partial charge in [0.05, 0.1) is 20.6 Å². The van der Waals surface area contributed by atoms with E-state index in [1.807, 2.05) is 60.7 Å². The summed E-state index contributed by atoms with van der Waals surface area (Å²) in [4.78, 5) is 0. The summed E-state index contributed by atoms with van der Waals surface area (Å²) in [5.41, 5.74) is 2.91. The Bertz CT molecular complexity index is 3980. The van der Waals surface area contributed by atoms with E-state index in [1.54, 1.807) is 12.1 Å². The van der Waals surface area contributed by atoms with E-state index in [-0.39, 0.29) is 32.7 Å². The topological polar surface area (TPSA) is 13.1 Å². The van der Waals surface area contributed by atoms with Crippen molar-refractivity contribution in [3.8, 4) is 33.4 Å². The van der Waals surface area contributed by atoms with Crippen LogP contribution in [0.15, 0.2) is 186 Å². The second-order valence-electron chi connectivity index (χ2n) is 12.5. The number of fused-ring (bicyclic) bond motifs is 9. The molecule has 0 atom stereocenters. The molecule has 0 bridgehead atoms. The summed E-state index contributed by atoms with van der Waals surface area (Å²) in [6.07, 6.45) is 0. The lowest BCUT2D eigenvalue weighted by Crippen LogP contribution is -1.91. The molecule has 10 aromatic carbocycles. The zero-order chi connectivity index (χ0) is 46.5. The van der Waals surface area contributed by atoms with Gasteiger partial charge in [-0.15, -0.1) is 0 Å². The predicted octanol–water partition coefficient (Wildman–Crippen LogP) is 14.4. The van der Waals surface area contributed by atoms with E-state index in [4.69, 9.17) is 16.8 Å². The van der Waals surface area contributed by atoms with E-state index in [0.717, 1.165) is 49.2 Å². The molecule has 1 nitrogen and oxygen atoms in total. The van der Waals surface area contributed by atoms with E-state index < -0.39 is 107 Å². The van der Waals surface area contributed by atoms with E-state index in [2.05, 4.69) is 18.2 Å². The van der Waals surface area contributed by atoms with E-state index in [1.165, 1.54) is 0 Å². The molecule has 0 unspecified atom stereocenters. The van der Waals surface area contributed by atoms with Gasteiger partial charge in [0.15, 0.2) is 0 Å². The van der Waals surface area contributed by atoms with Crippen LogP contribution in [0.5, 0.6) is 0 Å². The minimum Gasteiger partial charge on any atom is -0.456 e. The highest BCUT2D eigenvalue weighted by Crippen LogP contribution is 2.45. The fourth-order valence-electron chi connectivity index (χ4n) is 7.38. The number of furan rings is 1. The molecule has 51 heavy (non-hydrogen) atoms. The van der Waals surface area contributed by atoms with Crippen LogP contribution in [0.25, 0.3) is 109 Å². The third-order valence-corrected chi connectivity index (χ3v) is 9.70. The molecule has 1 heteroatoms. The summed E-state index contributed by atoms with van der Waals surface area (Å²) in [6.45, 7) is 0. The zero-order valence-corrected chi connectivity index (χ0v) is 26.6. The fraction of sp³-hybridized carbons (Fsp3) is 0. The average molecular weight is 662 g/mol. The molecule has 0 aliphatic rings. The fourth-order valence-corrected chi connectivity index (χ4v) is 7.38. The van der Waals surface area contributed by atoms with Crippen LogP contribution in [-0.2, 0) is 0 Å². The average Bonchev–Trinajstić information content (AvgIpc) is 3.71. The van der Waals surface area contributed by atoms with Gasteiger partial charge in [-0.2, -0.15) is 0 Å². The van der Waals surface area contributed by atoms with Gasteiger partial charge in [0.1, 0.15) is 11.2 Å². The van der Waals surface area contributed by atoms with E-state index in [0.29, 0.717) is 10.9 Å². The molecular weight excluding hydrogens is 617 g/mol. The molecule has 0 spiro atoms. The van der Waals surface area contributed by atoms with Crippen LogP contribution in [0, 0.1) is 0 Å². The van der Waals surface area contributed by atoms with Crippen LogP contribution >= 0.6 is 0 Å². The highest BCUT2D eigenvalue weighted by atomic mass is 16.3. The highest BCUT2D eigenvalue weighted by Gasteiger charge is 2.17. The van der Waals surface area contributed by atoms with E-state index >= 15 is 0 Å². The number of hydrogen-bond acceptors (Lipinski definition) is 1. The Balaban J connectivity index is 1.21. The van der Waals surface area contributed by atoms with Crippen molar-refractivity contribution >= 4 is 75.8 Å². The molecule has 0 aliphatic heterocycles. The van der Waals surface area contributed by atoms with Crippen molar-refractivity contribution in [3.63, 3.8) is 0 Å². The van der Waals surface area contributed by atoms with Gasteiger partial charge >= 0.3 is 0 Å². The predicted molar refractivity (Wildman–Crippen MR) is 218 cm³/mol. The first kappa shape index (κ1) is 17.3. The van der Waals surface area contributed by atoms with Crippen LogP contribution in [0.3, 0.4) is 0 Å². The van der Waals surface area contributed by atoms with E-state index in [9.17, 15) is 8.22 Å². The quantitative estimate of drug-likeness (QED) is 0.172. The molecule has 0 aliphatic carbocycles. The van der Waals surface area contributed by atoms with Crippen molar-refractivity contribution in [3.05, 3.63) is 182 Å². The third kappa shape index (κ3) is 4.35. The molecule has 0 saturated carbocycles. The van der Waals surface area contributed by atoms with Gasteiger partial charge < -0.3 is 4.42 Å². The van der Waals surface area contributed by atoms with Crippen LogP contribution in [0.2, 0.25) is 0 Å². The van der Waals surface area contributed by atoms with Gasteiger partial charge in [0.25, 0.3) is 0 Å². The van der Waals surface area contributed by atoms with Gasteiger partial charge in [0, 0.05) is 10.8 Å². The molecule has 0 amide bonds. The minimum absolute atomic E-state index is 0.0464. The Morgan fingerprint density at radius 1 is 0.353 bits per heavy atom. The van der Waals surface area contributed by atoms with Crippen molar-refractivity contribution < 1.29 is 25.0 Å². The first-order chi connectivity index (χ1) is 31.5. The molecule has 0 fully saturated rings. The second-order valence-corrected chi connectivity index (χ2v) is 12.5. The van der Waals surface area contributed by atoms with Gasteiger partial charge in [0.2, 0.25) is 0 Å². The number of benzene rings is 10. The number of hydrogen-bond donors (Lipinski definition) is 0. The lowest BCUT2D eigenvalue weighted by molar-refractivity contribution is 0.669. The first-order valence-electron chi connectivity index (χ1n) is 23.9. The molecule has 236 valence electrons. The standard InChI is InChI=1S/C50H30O/c1-2-11-33-28-38(21-17-31(33)9-1)48-41-13-5-7-15-43(41)49(44-16-8-6-14-42(44)48)39-22-20-34-27-35(18-19-36(34)29-39)37-24-25-46-45(30-37)50-40-12-4-3-10-32(40)23-26-47(50)51-46/h1-30H/i1D,2D,5D,6D,7D,8D,9D,11D,13D,14D,15D,16D,17D,21D,28D. The summed E-state index contributed by atoms with van der Waals surface area (Å²) >= 11 is 0. The summed E-state index contributed by atoms with van der Waals surface area (Å²) in [5, 5.41) is 3.91.